The molecule has 0 bridgehead atoms. The number of carbonyl (C=O) groups excluding carboxylic acids is 2. The highest BCUT2D eigenvalue weighted by Crippen LogP contribution is 1.74. The molecule has 0 saturated heterocycles. The van der Waals surface area contributed by atoms with Crippen LogP contribution in [0.2, 0.25) is 0 Å². The van der Waals surface area contributed by atoms with Gasteiger partial charge in [0.2, 0.25) is 12.3 Å². The summed E-state index contributed by atoms with van der Waals surface area (Å²) in [6, 6.07) is 0. The van der Waals surface area contributed by atoms with Gasteiger partial charge < -0.3 is 15.7 Å². The largest absolute Gasteiger partial charge is 0.377 e. The average Bonchev–Trinajstić information content (AvgIpc) is 2.20. The lowest BCUT2D eigenvalue weighted by Gasteiger charge is -2.11. The first-order chi connectivity index (χ1) is 6.70. The third kappa shape index (κ3) is 7.51. The molecule has 14 heavy (non-hydrogen) atoms. The van der Waals surface area contributed by atoms with Gasteiger partial charge in [0.05, 0.1) is 13.1 Å². The molecule has 0 radical (unpaired) electrons. The Labute approximate surface area is 83.1 Å². The lowest BCUT2D eigenvalue weighted by atomic mass is 10.4. The topological polar surface area (TPSA) is 90.5 Å². The molecule has 0 aliphatic carbocycles. The number of carbonyl (C=O) groups is 2. The van der Waals surface area contributed by atoms with Crippen molar-refractivity contribution in [2.24, 2.45) is 0 Å². The van der Waals surface area contributed by atoms with E-state index in [-0.39, 0.29) is 19.0 Å². The van der Waals surface area contributed by atoms with E-state index in [4.69, 9.17) is 5.11 Å². The maximum absolute atomic E-state index is 11.0. The zero-order valence-corrected chi connectivity index (χ0v) is 8.25. The Kier molecular flexibility index (Phi) is 7.77. The summed E-state index contributed by atoms with van der Waals surface area (Å²) in [6.45, 7) is 2.71. The van der Waals surface area contributed by atoms with E-state index in [2.05, 4.69) is 16.0 Å². The fraction of sp³-hybridized carbons (Fsp3) is 0.750. The average molecular weight is 203 g/mol. The molecule has 82 valence electrons. The van der Waals surface area contributed by atoms with Gasteiger partial charge in [0.15, 0.2) is 0 Å². The molecule has 1 atom stereocenters. The van der Waals surface area contributed by atoms with E-state index in [1.165, 1.54) is 0 Å². The van der Waals surface area contributed by atoms with Gasteiger partial charge in [-0.15, -0.1) is 0 Å². The van der Waals surface area contributed by atoms with E-state index in [0.29, 0.717) is 13.0 Å². The predicted molar refractivity (Wildman–Crippen MR) is 51.4 cm³/mol. The molecule has 0 spiro atoms. The van der Waals surface area contributed by atoms with E-state index < -0.39 is 6.23 Å². The van der Waals surface area contributed by atoms with Crippen LogP contribution in [0.3, 0.4) is 0 Å². The molecule has 0 aliphatic heterocycles. The van der Waals surface area contributed by atoms with E-state index in [1.807, 2.05) is 6.92 Å². The number of hydrogen-bond acceptors (Lipinski definition) is 4. The minimum Gasteiger partial charge on any atom is -0.377 e. The van der Waals surface area contributed by atoms with Crippen LogP contribution in [-0.4, -0.2) is 43.3 Å². The van der Waals surface area contributed by atoms with Crippen molar-refractivity contribution in [3.8, 4) is 0 Å². The number of aliphatic hydroxyl groups is 1. The fourth-order valence-electron chi connectivity index (χ4n) is 0.769. The van der Waals surface area contributed by atoms with Crippen LogP contribution in [0.15, 0.2) is 0 Å². The van der Waals surface area contributed by atoms with Gasteiger partial charge >= 0.3 is 0 Å². The molecule has 0 saturated carbocycles. The molecule has 1 unspecified atom stereocenters. The Morgan fingerprint density at radius 2 is 2.29 bits per heavy atom. The van der Waals surface area contributed by atoms with Crippen molar-refractivity contribution >= 4 is 12.3 Å². The van der Waals surface area contributed by atoms with Crippen LogP contribution in [-0.2, 0) is 9.59 Å². The zero-order chi connectivity index (χ0) is 10.8. The summed E-state index contributed by atoms with van der Waals surface area (Å²) in [7, 11) is 0. The summed E-state index contributed by atoms with van der Waals surface area (Å²) in [6.07, 6.45) is 0.468. The highest BCUT2D eigenvalue weighted by atomic mass is 16.3. The molecule has 0 aromatic carbocycles. The molecule has 6 heteroatoms. The van der Waals surface area contributed by atoms with Crippen LogP contribution >= 0.6 is 0 Å². The number of aliphatic hydroxyl groups excluding tert-OH is 1. The van der Waals surface area contributed by atoms with Crippen LogP contribution in [0.5, 0.6) is 0 Å². The highest BCUT2D eigenvalue weighted by Gasteiger charge is 2.04. The first-order valence-corrected chi connectivity index (χ1v) is 4.55. The molecule has 0 heterocycles. The monoisotopic (exact) mass is 203 g/mol. The highest BCUT2D eigenvalue weighted by molar-refractivity contribution is 5.77. The van der Waals surface area contributed by atoms with Crippen molar-refractivity contribution in [2.45, 2.75) is 19.6 Å². The lowest BCUT2D eigenvalue weighted by molar-refractivity contribution is -0.120. The maximum atomic E-state index is 11.0. The Balaban J connectivity index is 3.40. The Bertz CT molecular complexity index is 175. The van der Waals surface area contributed by atoms with E-state index >= 15 is 0 Å². The first-order valence-electron chi connectivity index (χ1n) is 4.55. The van der Waals surface area contributed by atoms with Gasteiger partial charge in [-0.05, 0) is 6.42 Å². The molecule has 0 rings (SSSR count). The van der Waals surface area contributed by atoms with Gasteiger partial charge in [-0.2, -0.15) is 0 Å². The lowest BCUT2D eigenvalue weighted by Crippen LogP contribution is -2.43. The van der Waals surface area contributed by atoms with E-state index in [1.54, 1.807) is 0 Å². The van der Waals surface area contributed by atoms with Crippen LogP contribution < -0.4 is 16.0 Å². The van der Waals surface area contributed by atoms with Crippen molar-refractivity contribution in [3.63, 3.8) is 0 Å². The minimum atomic E-state index is -0.896. The third-order valence-corrected chi connectivity index (χ3v) is 1.46. The molecule has 0 aliphatic rings. The minimum absolute atomic E-state index is 0.0434. The molecular formula is C8H17N3O3. The zero-order valence-electron chi connectivity index (χ0n) is 8.25. The van der Waals surface area contributed by atoms with Gasteiger partial charge in [0.25, 0.3) is 0 Å². The molecule has 6 nitrogen and oxygen atoms in total. The van der Waals surface area contributed by atoms with Gasteiger partial charge in [-0.25, -0.2) is 0 Å². The fourth-order valence-corrected chi connectivity index (χ4v) is 0.769. The SMILES string of the molecule is CCCNC(=O)CNC(O)CNC=O. The van der Waals surface area contributed by atoms with Crippen molar-refractivity contribution in [1.29, 1.82) is 0 Å². The quantitative estimate of drug-likeness (QED) is 0.276. The summed E-state index contributed by atoms with van der Waals surface area (Å²) >= 11 is 0. The molecule has 0 fully saturated rings. The normalized spacial score (nSPS) is 11.9. The van der Waals surface area contributed by atoms with Crippen LogP contribution in [0, 0.1) is 0 Å². The summed E-state index contributed by atoms with van der Waals surface area (Å²) in [4.78, 5) is 20.9. The summed E-state index contributed by atoms with van der Waals surface area (Å²) in [5.41, 5.74) is 0. The summed E-state index contributed by atoms with van der Waals surface area (Å²) in [5.74, 6) is -0.169. The molecule has 4 N–H and O–H groups in total. The van der Waals surface area contributed by atoms with Crippen molar-refractivity contribution in [2.75, 3.05) is 19.6 Å². The number of nitrogens with one attached hydrogen (secondary N) is 3. The van der Waals surface area contributed by atoms with Crippen molar-refractivity contribution < 1.29 is 14.7 Å². The van der Waals surface area contributed by atoms with Crippen LogP contribution in [0.4, 0.5) is 0 Å². The molecular weight excluding hydrogens is 186 g/mol. The second-order valence-corrected chi connectivity index (χ2v) is 2.77. The molecule has 0 aromatic rings. The van der Waals surface area contributed by atoms with Gasteiger partial charge in [0.1, 0.15) is 6.23 Å². The number of hydrogen-bond donors (Lipinski definition) is 4. The second kappa shape index (κ2) is 8.46. The van der Waals surface area contributed by atoms with Crippen molar-refractivity contribution in [1.82, 2.24) is 16.0 Å². The van der Waals surface area contributed by atoms with Gasteiger partial charge in [-0.3, -0.25) is 14.9 Å². The van der Waals surface area contributed by atoms with Crippen molar-refractivity contribution in [3.05, 3.63) is 0 Å². The molecule has 2 amide bonds. The number of rotatable bonds is 8. The smallest absolute Gasteiger partial charge is 0.234 e. The van der Waals surface area contributed by atoms with E-state index in [9.17, 15) is 9.59 Å². The Hall–Kier alpha value is -1.14. The van der Waals surface area contributed by atoms with Crippen LogP contribution in [0.1, 0.15) is 13.3 Å². The summed E-state index contributed by atoms with van der Waals surface area (Å²) < 4.78 is 0. The standard InChI is InChI=1S/C8H17N3O3/c1-2-3-10-8(14)5-11-7(13)4-9-6-12/h6-7,11,13H,2-5H2,1H3,(H,9,12)(H,10,14). The van der Waals surface area contributed by atoms with E-state index in [0.717, 1.165) is 6.42 Å². The second-order valence-electron chi connectivity index (χ2n) is 2.77. The Morgan fingerprint density at radius 1 is 1.57 bits per heavy atom. The predicted octanol–water partition coefficient (Wildman–Crippen LogP) is -1.83. The van der Waals surface area contributed by atoms with Gasteiger partial charge in [0, 0.05) is 6.54 Å². The first kappa shape index (κ1) is 12.9. The molecule has 0 aromatic heterocycles. The third-order valence-electron chi connectivity index (χ3n) is 1.46. The summed E-state index contributed by atoms with van der Waals surface area (Å²) in [5, 5.41) is 16.6. The Morgan fingerprint density at radius 3 is 2.86 bits per heavy atom. The van der Waals surface area contributed by atoms with Gasteiger partial charge in [-0.1, -0.05) is 6.92 Å². The van der Waals surface area contributed by atoms with Crippen LogP contribution in [0.25, 0.3) is 0 Å². The number of amides is 2. The maximum Gasteiger partial charge on any atom is 0.234 e.